The summed E-state index contributed by atoms with van der Waals surface area (Å²) in [6.07, 6.45) is 5.55. The zero-order valence-electron chi connectivity index (χ0n) is 15.1. The van der Waals surface area contributed by atoms with Crippen molar-refractivity contribution < 1.29 is 14.7 Å². The van der Waals surface area contributed by atoms with Crippen LogP contribution in [0.15, 0.2) is 18.3 Å². The summed E-state index contributed by atoms with van der Waals surface area (Å²) in [4.78, 5) is 31.9. The molecule has 8 heteroatoms. The Kier molecular flexibility index (Phi) is 5.72. The van der Waals surface area contributed by atoms with Gasteiger partial charge in [-0.05, 0) is 43.1 Å². The lowest BCUT2D eigenvalue weighted by molar-refractivity contribution is -0.131. The van der Waals surface area contributed by atoms with E-state index in [-0.39, 0.29) is 11.3 Å². The average molecular weight is 378 g/mol. The molecule has 7 nitrogen and oxygen atoms in total. The number of hydrogen-bond donors (Lipinski definition) is 2. The minimum absolute atomic E-state index is 0.0296. The lowest BCUT2D eigenvalue weighted by Crippen LogP contribution is -2.55. The second-order valence-electron chi connectivity index (χ2n) is 7.32. The molecule has 2 saturated heterocycles. The molecule has 1 unspecified atom stereocenters. The van der Waals surface area contributed by atoms with Gasteiger partial charge < -0.3 is 20.6 Å². The van der Waals surface area contributed by atoms with Crippen LogP contribution >= 0.6 is 11.8 Å². The number of carbonyl (C=O) groups excluding carboxylic acids is 2. The standard InChI is InChI=1S/C18H26N4O3S/c1-26-11-16(24)21-6-3-18(4-7-21)9-14(23)10-22(12-18)15-8-13(17(19)25)2-5-20-15/h2,5,8,14,23H,3-4,6-7,9-12H2,1H3,(H2,19,25). The van der Waals surface area contributed by atoms with Crippen molar-refractivity contribution in [1.82, 2.24) is 9.88 Å². The van der Waals surface area contributed by atoms with Crippen LogP contribution in [0.2, 0.25) is 0 Å². The van der Waals surface area contributed by atoms with E-state index in [4.69, 9.17) is 5.73 Å². The number of amides is 2. The average Bonchev–Trinajstić information content (AvgIpc) is 2.62. The largest absolute Gasteiger partial charge is 0.391 e. The number of pyridine rings is 1. The third-order valence-electron chi connectivity index (χ3n) is 5.42. The van der Waals surface area contributed by atoms with E-state index in [1.807, 2.05) is 16.1 Å². The first kappa shape index (κ1) is 19.0. The van der Waals surface area contributed by atoms with Gasteiger partial charge in [0.25, 0.3) is 0 Å². The van der Waals surface area contributed by atoms with Gasteiger partial charge in [0, 0.05) is 37.9 Å². The summed E-state index contributed by atoms with van der Waals surface area (Å²) in [7, 11) is 0. The number of aromatic nitrogens is 1. The van der Waals surface area contributed by atoms with Crippen molar-refractivity contribution in [3.05, 3.63) is 23.9 Å². The summed E-state index contributed by atoms with van der Waals surface area (Å²) >= 11 is 1.55. The second-order valence-corrected chi connectivity index (χ2v) is 8.19. The van der Waals surface area contributed by atoms with E-state index in [1.165, 1.54) is 0 Å². The molecule has 3 rings (SSSR count). The molecule has 0 aliphatic carbocycles. The van der Waals surface area contributed by atoms with Gasteiger partial charge in [0.2, 0.25) is 11.8 Å². The lowest BCUT2D eigenvalue weighted by atomic mass is 9.71. The van der Waals surface area contributed by atoms with Gasteiger partial charge >= 0.3 is 0 Å². The first-order valence-corrected chi connectivity index (χ1v) is 10.3. The number of nitrogens with two attached hydrogens (primary N) is 1. The number of rotatable bonds is 4. The Morgan fingerprint density at radius 1 is 1.42 bits per heavy atom. The molecule has 3 heterocycles. The predicted molar refractivity (Wildman–Crippen MR) is 102 cm³/mol. The zero-order chi connectivity index (χ0) is 18.7. The molecule has 0 saturated carbocycles. The summed E-state index contributed by atoms with van der Waals surface area (Å²) in [5, 5.41) is 10.5. The highest BCUT2D eigenvalue weighted by molar-refractivity contribution is 7.99. The number of thioether (sulfide) groups is 1. The van der Waals surface area contributed by atoms with E-state index < -0.39 is 12.0 Å². The summed E-state index contributed by atoms with van der Waals surface area (Å²) < 4.78 is 0. The molecular weight excluding hydrogens is 352 g/mol. The van der Waals surface area contributed by atoms with E-state index >= 15 is 0 Å². The minimum atomic E-state index is -0.485. The Bertz CT molecular complexity index is 676. The van der Waals surface area contributed by atoms with Crippen molar-refractivity contribution in [1.29, 1.82) is 0 Å². The van der Waals surface area contributed by atoms with Gasteiger partial charge in [0.1, 0.15) is 5.82 Å². The molecule has 2 amide bonds. The number of aliphatic hydroxyl groups excluding tert-OH is 1. The van der Waals surface area contributed by atoms with Crippen molar-refractivity contribution in [2.75, 3.05) is 43.1 Å². The number of primary amides is 1. The molecule has 0 aromatic carbocycles. The highest BCUT2D eigenvalue weighted by atomic mass is 32.2. The van der Waals surface area contributed by atoms with Crippen molar-refractivity contribution in [3.63, 3.8) is 0 Å². The molecule has 0 radical (unpaired) electrons. The van der Waals surface area contributed by atoms with Crippen LogP contribution in [-0.2, 0) is 4.79 Å². The third-order valence-corrected chi connectivity index (χ3v) is 5.96. The van der Waals surface area contributed by atoms with E-state index in [0.29, 0.717) is 23.7 Å². The minimum Gasteiger partial charge on any atom is -0.391 e. The maximum Gasteiger partial charge on any atom is 0.248 e. The molecule has 1 spiro atoms. The van der Waals surface area contributed by atoms with Crippen LogP contribution in [0.1, 0.15) is 29.6 Å². The van der Waals surface area contributed by atoms with Crippen LogP contribution in [0.5, 0.6) is 0 Å². The lowest BCUT2D eigenvalue weighted by Gasteiger charge is -2.49. The predicted octanol–water partition coefficient (Wildman–Crippen LogP) is 0.723. The van der Waals surface area contributed by atoms with Gasteiger partial charge in [-0.1, -0.05) is 0 Å². The fourth-order valence-electron chi connectivity index (χ4n) is 4.08. The highest BCUT2D eigenvalue weighted by Gasteiger charge is 2.42. The fraction of sp³-hybridized carbons (Fsp3) is 0.611. The Labute approximate surface area is 157 Å². The molecule has 2 fully saturated rings. The normalized spacial score (nSPS) is 22.5. The first-order valence-electron chi connectivity index (χ1n) is 8.88. The van der Waals surface area contributed by atoms with Gasteiger partial charge in [-0.3, -0.25) is 9.59 Å². The number of anilines is 1. The maximum absolute atomic E-state index is 12.1. The Balaban J connectivity index is 1.72. The Morgan fingerprint density at radius 2 is 2.15 bits per heavy atom. The molecule has 3 N–H and O–H groups in total. The van der Waals surface area contributed by atoms with E-state index in [9.17, 15) is 14.7 Å². The van der Waals surface area contributed by atoms with Gasteiger partial charge in [-0.2, -0.15) is 11.8 Å². The summed E-state index contributed by atoms with van der Waals surface area (Å²) in [5.41, 5.74) is 5.76. The zero-order valence-corrected chi connectivity index (χ0v) is 15.9. The number of piperidine rings is 2. The number of hydrogen-bond acceptors (Lipinski definition) is 6. The summed E-state index contributed by atoms with van der Waals surface area (Å²) in [5.74, 6) is 0.893. The Morgan fingerprint density at radius 3 is 2.81 bits per heavy atom. The fourth-order valence-corrected chi connectivity index (χ4v) is 4.51. The van der Waals surface area contributed by atoms with E-state index in [2.05, 4.69) is 4.98 Å². The highest BCUT2D eigenvalue weighted by Crippen LogP contribution is 2.41. The molecule has 26 heavy (non-hydrogen) atoms. The number of nitrogens with zero attached hydrogens (tertiary/aromatic N) is 3. The molecule has 1 aromatic heterocycles. The SMILES string of the molecule is CSCC(=O)N1CCC2(CC1)CC(O)CN(c1cc(C(N)=O)ccn1)C2. The summed E-state index contributed by atoms with van der Waals surface area (Å²) in [6.45, 7) is 2.72. The van der Waals surface area contributed by atoms with Gasteiger partial charge in [-0.25, -0.2) is 4.98 Å². The second kappa shape index (κ2) is 7.84. The van der Waals surface area contributed by atoms with Crippen molar-refractivity contribution in [3.8, 4) is 0 Å². The van der Waals surface area contributed by atoms with Crippen LogP contribution in [0.3, 0.4) is 0 Å². The van der Waals surface area contributed by atoms with Crippen LogP contribution in [0.25, 0.3) is 0 Å². The van der Waals surface area contributed by atoms with Crippen LogP contribution in [-0.4, -0.2) is 71.1 Å². The number of β-amino-alcohol motifs (C(OH)–C–C–N with tert-alkyl or cyclic N) is 1. The van der Waals surface area contributed by atoms with E-state index in [1.54, 1.807) is 30.1 Å². The number of carbonyl (C=O) groups is 2. The summed E-state index contributed by atoms with van der Waals surface area (Å²) in [6, 6.07) is 3.28. The molecule has 2 aliphatic rings. The molecule has 0 bridgehead atoms. The number of aliphatic hydroxyl groups is 1. The van der Waals surface area contributed by atoms with Crippen LogP contribution < -0.4 is 10.6 Å². The first-order chi connectivity index (χ1) is 12.4. The molecule has 1 aromatic rings. The van der Waals surface area contributed by atoms with E-state index in [0.717, 1.165) is 38.9 Å². The molecule has 2 aliphatic heterocycles. The smallest absolute Gasteiger partial charge is 0.248 e. The third kappa shape index (κ3) is 4.12. The van der Waals surface area contributed by atoms with Crippen molar-refractivity contribution in [2.24, 2.45) is 11.1 Å². The van der Waals surface area contributed by atoms with Gasteiger partial charge in [0.05, 0.1) is 11.9 Å². The van der Waals surface area contributed by atoms with Crippen LogP contribution in [0, 0.1) is 5.41 Å². The van der Waals surface area contributed by atoms with Gasteiger partial charge in [0.15, 0.2) is 0 Å². The van der Waals surface area contributed by atoms with Crippen molar-refractivity contribution >= 4 is 29.4 Å². The number of likely N-dealkylation sites (tertiary alicyclic amines) is 1. The molecular formula is C18H26N4O3S. The topological polar surface area (TPSA) is 99.8 Å². The monoisotopic (exact) mass is 378 g/mol. The van der Waals surface area contributed by atoms with Gasteiger partial charge in [-0.15, -0.1) is 0 Å². The van der Waals surface area contributed by atoms with Crippen LogP contribution in [0.4, 0.5) is 5.82 Å². The quantitative estimate of drug-likeness (QED) is 0.801. The maximum atomic E-state index is 12.1. The van der Waals surface area contributed by atoms with Crippen molar-refractivity contribution in [2.45, 2.75) is 25.4 Å². The molecule has 142 valence electrons. The Hall–Kier alpha value is -1.80. The molecule has 1 atom stereocenters.